The Kier molecular flexibility index (Phi) is 2.22. The fourth-order valence-electron chi connectivity index (χ4n) is 2.96. The van der Waals surface area contributed by atoms with Crippen molar-refractivity contribution in [3.8, 4) is 0 Å². The van der Waals surface area contributed by atoms with E-state index in [2.05, 4.69) is 24.4 Å². The molecule has 2 rings (SSSR count). The van der Waals surface area contributed by atoms with E-state index in [1.54, 1.807) is 0 Å². The summed E-state index contributed by atoms with van der Waals surface area (Å²) in [6.45, 7) is 3.37. The van der Waals surface area contributed by atoms with Crippen LogP contribution in [0.3, 0.4) is 0 Å². The summed E-state index contributed by atoms with van der Waals surface area (Å²) in [5.74, 6) is 0.980. The third-order valence-electron chi connectivity index (χ3n) is 3.64. The lowest BCUT2D eigenvalue weighted by molar-refractivity contribution is 0.325. The van der Waals surface area contributed by atoms with E-state index in [1.165, 1.54) is 38.6 Å². The highest BCUT2D eigenvalue weighted by Crippen LogP contribution is 2.43. The first-order valence-electron chi connectivity index (χ1n) is 5.23. The molecular formula is C11H19N. The van der Waals surface area contributed by atoms with Crippen molar-refractivity contribution in [3.05, 3.63) is 12.2 Å². The zero-order valence-electron chi connectivity index (χ0n) is 7.97. The van der Waals surface area contributed by atoms with Gasteiger partial charge < -0.3 is 5.32 Å². The van der Waals surface area contributed by atoms with Crippen LogP contribution in [0.5, 0.6) is 0 Å². The minimum atomic E-state index is 0.520. The van der Waals surface area contributed by atoms with Crippen molar-refractivity contribution in [2.24, 2.45) is 5.92 Å². The van der Waals surface area contributed by atoms with Crippen molar-refractivity contribution in [2.45, 2.75) is 44.6 Å². The van der Waals surface area contributed by atoms with E-state index in [9.17, 15) is 0 Å². The van der Waals surface area contributed by atoms with Gasteiger partial charge in [-0.3, -0.25) is 0 Å². The first-order chi connectivity index (χ1) is 5.87. The standard InChI is InChI=1S/C11H19N/c1-2-3-7-11-8-4-5-10(11)6-9-12-11/h2-3,10,12H,4-9H2,1H3/b3-2+/t10-,11-/m1/s1. The van der Waals surface area contributed by atoms with Gasteiger partial charge in [-0.05, 0) is 45.1 Å². The van der Waals surface area contributed by atoms with Gasteiger partial charge in [0.2, 0.25) is 0 Å². The molecule has 0 aromatic carbocycles. The van der Waals surface area contributed by atoms with Crippen LogP contribution < -0.4 is 5.32 Å². The molecule has 0 aromatic rings. The fraction of sp³-hybridized carbons (Fsp3) is 0.818. The summed E-state index contributed by atoms with van der Waals surface area (Å²) in [6.07, 6.45) is 11.5. The summed E-state index contributed by atoms with van der Waals surface area (Å²) in [7, 11) is 0. The Labute approximate surface area is 75.2 Å². The molecule has 1 heterocycles. The average molecular weight is 165 g/mol. The predicted molar refractivity (Wildman–Crippen MR) is 52.1 cm³/mol. The van der Waals surface area contributed by atoms with Crippen molar-refractivity contribution < 1.29 is 0 Å². The average Bonchev–Trinajstić information content (AvgIpc) is 2.58. The molecule has 0 aromatic heterocycles. The number of allylic oxidation sites excluding steroid dienone is 1. The van der Waals surface area contributed by atoms with Gasteiger partial charge in [-0.15, -0.1) is 0 Å². The Morgan fingerprint density at radius 2 is 2.42 bits per heavy atom. The Bertz CT molecular complexity index is 173. The van der Waals surface area contributed by atoms with E-state index in [-0.39, 0.29) is 0 Å². The number of hydrogen-bond acceptors (Lipinski definition) is 1. The molecule has 1 heteroatoms. The van der Waals surface area contributed by atoms with Gasteiger partial charge in [-0.25, -0.2) is 0 Å². The molecule has 2 aliphatic rings. The summed E-state index contributed by atoms with van der Waals surface area (Å²) in [6, 6.07) is 0. The van der Waals surface area contributed by atoms with Crippen LogP contribution in [0.25, 0.3) is 0 Å². The Hall–Kier alpha value is -0.300. The van der Waals surface area contributed by atoms with Crippen molar-refractivity contribution in [1.29, 1.82) is 0 Å². The second kappa shape index (κ2) is 3.21. The number of rotatable bonds is 2. The molecule has 12 heavy (non-hydrogen) atoms. The van der Waals surface area contributed by atoms with E-state index in [4.69, 9.17) is 0 Å². The van der Waals surface area contributed by atoms with Gasteiger partial charge in [0.25, 0.3) is 0 Å². The monoisotopic (exact) mass is 165 g/mol. The molecule has 2 fully saturated rings. The Morgan fingerprint density at radius 1 is 1.50 bits per heavy atom. The molecule has 0 radical (unpaired) electrons. The third-order valence-corrected chi connectivity index (χ3v) is 3.64. The van der Waals surface area contributed by atoms with Gasteiger partial charge in [0, 0.05) is 5.54 Å². The van der Waals surface area contributed by atoms with Gasteiger partial charge in [0.15, 0.2) is 0 Å². The van der Waals surface area contributed by atoms with E-state index < -0.39 is 0 Å². The molecule has 0 unspecified atom stereocenters. The lowest BCUT2D eigenvalue weighted by atomic mass is 9.86. The van der Waals surface area contributed by atoms with Crippen molar-refractivity contribution in [3.63, 3.8) is 0 Å². The zero-order chi connectivity index (χ0) is 8.44. The first-order valence-corrected chi connectivity index (χ1v) is 5.23. The number of hydrogen-bond donors (Lipinski definition) is 1. The van der Waals surface area contributed by atoms with Crippen LogP contribution in [-0.4, -0.2) is 12.1 Å². The number of fused-ring (bicyclic) bond motifs is 1. The fourth-order valence-corrected chi connectivity index (χ4v) is 2.96. The van der Waals surface area contributed by atoms with Crippen LogP contribution in [0.2, 0.25) is 0 Å². The van der Waals surface area contributed by atoms with E-state index in [0.717, 1.165) is 5.92 Å². The second-order valence-electron chi connectivity index (χ2n) is 4.23. The topological polar surface area (TPSA) is 12.0 Å². The molecule has 1 aliphatic carbocycles. The van der Waals surface area contributed by atoms with Gasteiger partial charge in [0.1, 0.15) is 0 Å². The van der Waals surface area contributed by atoms with Crippen molar-refractivity contribution in [2.75, 3.05) is 6.54 Å². The van der Waals surface area contributed by atoms with Crippen LogP contribution in [0.4, 0.5) is 0 Å². The van der Waals surface area contributed by atoms with Gasteiger partial charge >= 0.3 is 0 Å². The van der Waals surface area contributed by atoms with Gasteiger partial charge in [-0.2, -0.15) is 0 Å². The summed E-state index contributed by atoms with van der Waals surface area (Å²) >= 11 is 0. The molecule has 68 valence electrons. The van der Waals surface area contributed by atoms with Crippen LogP contribution >= 0.6 is 0 Å². The highest BCUT2D eigenvalue weighted by Gasteiger charge is 2.44. The molecule has 1 saturated carbocycles. The normalized spacial score (nSPS) is 40.9. The maximum Gasteiger partial charge on any atom is 0.0244 e. The summed E-state index contributed by atoms with van der Waals surface area (Å²) in [5.41, 5.74) is 0.520. The van der Waals surface area contributed by atoms with Crippen LogP contribution in [-0.2, 0) is 0 Å². The van der Waals surface area contributed by atoms with Crippen LogP contribution in [0.15, 0.2) is 12.2 Å². The quantitative estimate of drug-likeness (QED) is 0.620. The van der Waals surface area contributed by atoms with E-state index >= 15 is 0 Å². The SMILES string of the molecule is C/C=C/C[C@@]12CCC[C@@H]1CCN2. The van der Waals surface area contributed by atoms with Gasteiger partial charge in [-0.1, -0.05) is 18.6 Å². The zero-order valence-corrected chi connectivity index (χ0v) is 7.97. The first kappa shape index (κ1) is 8.31. The van der Waals surface area contributed by atoms with Crippen LogP contribution in [0, 0.1) is 5.92 Å². The lowest BCUT2D eigenvalue weighted by Gasteiger charge is -2.28. The van der Waals surface area contributed by atoms with Crippen LogP contribution in [0.1, 0.15) is 39.0 Å². The highest BCUT2D eigenvalue weighted by atomic mass is 15.0. The largest absolute Gasteiger partial charge is 0.311 e. The molecule has 0 bridgehead atoms. The third kappa shape index (κ3) is 1.20. The molecule has 0 spiro atoms. The Morgan fingerprint density at radius 3 is 3.25 bits per heavy atom. The molecule has 1 saturated heterocycles. The molecule has 1 aliphatic heterocycles. The molecular weight excluding hydrogens is 146 g/mol. The summed E-state index contributed by atoms with van der Waals surface area (Å²) < 4.78 is 0. The maximum absolute atomic E-state index is 3.72. The van der Waals surface area contributed by atoms with Crippen molar-refractivity contribution in [1.82, 2.24) is 5.32 Å². The summed E-state index contributed by atoms with van der Waals surface area (Å²) in [5, 5.41) is 3.72. The van der Waals surface area contributed by atoms with E-state index in [0.29, 0.717) is 5.54 Å². The molecule has 1 N–H and O–H groups in total. The lowest BCUT2D eigenvalue weighted by Crippen LogP contribution is -2.40. The molecule has 0 amide bonds. The van der Waals surface area contributed by atoms with E-state index in [1.807, 2.05) is 0 Å². The highest BCUT2D eigenvalue weighted by molar-refractivity contribution is 5.07. The molecule has 2 atom stereocenters. The second-order valence-corrected chi connectivity index (χ2v) is 4.23. The summed E-state index contributed by atoms with van der Waals surface area (Å²) in [4.78, 5) is 0. The predicted octanol–water partition coefficient (Wildman–Crippen LogP) is 2.48. The maximum atomic E-state index is 3.72. The smallest absolute Gasteiger partial charge is 0.0244 e. The number of nitrogens with one attached hydrogen (secondary N) is 1. The van der Waals surface area contributed by atoms with Gasteiger partial charge in [0.05, 0.1) is 0 Å². The Balaban J connectivity index is 2.06. The minimum absolute atomic E-state index is 0.520. The minimum Gasteiger partial charge on any atom is -0.311 e. The molecule has 1 nitrogen and oxygen atoms in total. The van der Waals surface area contributed by atoms with Crippen molar-refractivity contribution >= 4 is 0 Å².